The second kappa shape index (κ2) is 6.35. The molecular formula is C16H24N2O2. The predicted molar refractivity (Wildman–Crippen MR) is 78.5 cm³/mol. The molecule has 0 amide bonds. The van der Waals surface area contributed by atoms with E-state index in [-0.39, 0.29) is 5.97 Å². The minimum atomic E-state index is -0.342. The molecule has 0 aromatic carbocycles. The van der Waals surface area contributed by atoms with Gasteiger partial charge in [-0.05, 0) is 30.4 Å². The van der Waals surface area contributed by atoms with E-state index in [0.717, 1.165) is 12.2 Å². The topological polar surface area (TPSA) is 51.2 Å². The summed E-state index contributed by atoms with van der Waals surface area (Å²) in [6.07, 6.45) is 6.72. The van der Waals surface area contributed by atoms with E-state index in [4.69, 9.17) is 0 Å². The molecule has 0 saturated heterocycles. The van der Waals surface area contributed by atoms with Crippen LogP contribution >= 0.6 is 0 Å². The summed E-state index contributed by atoms with van der Waals surface area (Å²) in [5.41, 5.74) is 1.80. The van der Waals surface area contributed by atoms with Crippen molar-refractivity contribution in [2.24, 2.45) is 5.41 Å². The number of ether oxygens (including phenoxy) is 1. The highest BCUT2D eigenvalue weighted by molar-refractivity contribution is 5.88. The first kappa shape index (κ1) is 15.0. The second-order valence-electron chi connectivity index (χ2n) is 6.20. The molecule has 4 nitrogen and oxygen atoms in total. The van der Waals surface area contributed by atoms with Gasteiger partial charge < -0.3 is 10.1 Å². The lowest BCUT2D eigenvalue weighted by atomic mass is 9.73. The maximum atomic E-state index is 11.3. The van der Waals surface area contributed by atoms with Gasteiger partial charge in [-0.25, -0.2) is 4.79 Å². The molecule has 2 rings (SSSR count). The second-order valence-corrected chi connectivity index (χ2v) is 6.20. The third-order valence-electron chi connectivity index (χ3n) is 4.28. The van der Waals surface area contributed by atoms with Gasteiger partial charge in [0.15, 0.2) is 0 Å². The number of hydrogen-bond donors (Lipinski definition) is 1. The van der Waals surface area contributed by atoms with Crippen LogP contribution in [0.25, 0.3) is 0 Å². The SMILES string of the molecule is COC(=O)c1ccc(CNC2CCCCC2(C)C)nc1. The fourth-order valence-corrected chi connectivity index (χ4v) is 2.87. The van der Waals surface area contributed by atoms with Gasteiger partial charge in [-0.2, -0.15) is 0 Å². The van der Waals surface area contributed by atoms with Crippen molar-refractivity contribution in [1.29, 1.82) is 0 Å². The van der Waals surface area contributed by atoms with Crippen LogP contribution in [0.1, 0.15) is 55.6 Å². The van der Waals surface area contributed by atoms with E-state index >= 15 is 0 Å². The van der Waals surface area contributed by atoms with E-state index in [0.29, 0.717) is 17.0 Å². The molecule has 1 atom stereocenters. The number of carbonyl (C=O) groups excluding carboxylic acids is 1. The fraction of sp³-hybridized carbons (Fsp3) is 0.625. The zero-order chi connectivity index (χ0) is 14.6. The Hall–Kier alpha value is -1.42. The highest BCUT2D eigenvalue weighted by Gasteiger charge is 2.31. The average molecular weight is 276 g/mol. The van der Waals surface area contributed by atoms with E-state index in [1.54, 1.807) is 12.3 Å². The van der Waals surface area contributed by atoms with Gasteiger partial charge >= 0.3 is 5.97 Å². The molecule has 1 unspecified atom stereocenters. The van der Waals surface area contributed by atoms with Gasteiger partial charge in [-0.15, -0.1) is 0 Å². The number of hydrogen-bond acceptors (Lipinski definition) is 4. The largest absolute Gasteiger partial charge is 0.465 e. The molecule has 1 aliphatic rings. The molecule has 1 aliphatic carbocycles. The maximum absolute atomic E-state index is 11.3. The summed E-state index contributed by atoms with van der Waals surface area (Å²) < 4.78 is 4.66. The van der Waals surface area contributed by atoms with E-state index in [1.165, 1.54) is 32.8 Å². The van der Waals surface area contributed by atoms with Gasteiger partial charge in [0.05, 0.1) is 18.4 Å². The van der Waals surface area contributed by atoms with Crippen LogP contribution in [-0.2, 0) is 11.3 Å². The third-order valence-corrected chi connectivity index (χ3v) is 4.28. The Kier molecular flexibility index (Phi) is 4.76. The molecule has 20 heavy (non-hydrogen) atoms. The fourth-order valence-electron chi connectivity index (χ4n) is 2.87. The van der Waals surface area contributed by atoms with Crippen molar-refractivity contribution in [1.82, 2.24) is 10.3 Å². The number of aromatic nitrogens is 1. The van der Waals surface area contributed by atoms with Crippen LogP contribution in [0.15, 0.2) is 18.3 Å². The summed E-state index contributed by atoms with van der Waals surface area (Å²) >= 11 is 0. The Morgan fingerprint density at radius 3 is 2.85 bits per heavy atom. The highest BCUT2D eigenvalue weighted by Crippen LogP contribution is 2.35. The quantitative estimate of drug-likeness (QED) is 0.859. The molecule has 0 bridgehead atoms. The number of methoxy groups -OCH3 is 1. The van der Waals surface area contributed by atoms with Crippen molar-refractivity contribution in [2.75, 3.05) is 7.11 Å². The van der Waals surface area contributed by atoms with Crippen molar-refractivity contribution in [2.45, 2.75) is 52.1 Å². The van der Waals surface area contributed by atoms with Crippen LogP contribution < -0.4 is 5.32 Å². The predicted octanol–water partition coefficient (Wildman–Crippen LogP) is 2.93. The summed E-state index contributed by atoms with van der Waals surface area (Å²) in [5.74, 6) is -0.342. The zero-order valence-corrected chi connectivity index (χ0v) is 12.6. The van der Waals surface area contributed by atoms with Crippen LogP contribution in [-0.4, -0.2) is 24.1 Å². The monoisotopic (exact) mass is 276 g/mol. The number of nitrogens with one attached hydrogen (secondary N) is 1. The molecule has 4 heteroatoms. The summed E-state index contributed by atoms with van der Waals surface area (Å²) in [6.45, 7) is 5.41. The van der Waals surface area contributed by atoms with Gasteiger partial charge in [-0.3, -0.25) is 4.98 Å². The standard InChI is InChI=1S/C16H24N2O2/c1-16(2)9-5-4-6-14(16)18-11-13-8-7-12(10-17-13)15(19)20-3/h7-8,10,14,18H,4-6,9,11H2,1-3H3. The molecule has 0 spiro atoms. The Bertz CT molecular complexity index is 454. The van der Waals surface area contributed by atoms with Crippen molar-refractivity contribution in [3.05, 3.63) is 29.6 Å². The van der Waals surface area contributed by atoms with Gasteiger partial charge in [0.2, 0.25) is 0 Å². The molecule has 1 heterocycles. The number of esters is 1. The number of carbonyl (C=O) groups is 1. The van der Waals surface area contributed by atoms with Crippen LogP contribution in [0, 0.1) is 5.41 Å². The number of nitrogens with zero attached hydrogens (tertiary/aromatic N) is 1. The van der Waals surface area contributed by atoms with Crippen LogP contribution in [0.5, 0.6) is 0 Å². The van der Waals surface area contributed by atoms with Crippen molar-refractivity contribution in [3.8, 4) is 0 Å². The summed E-state index contributed by atoms with van der Waals surface area (Å²) in [6, 6.07) is 4.19. The first-order valence-corrected chi connectivity index (χ1v) is 7.29. The Morgan fingerprint density at radius 2 is 2.25 bits per heavy atom. The maximum Gasteiger partial charge on any atom is 0.339 e. The van der Waals surface area contributed by atoms with Gasteiger partial charge in [0.1, 0.15) is 0 Å². The van der Waals surface area contributed by atoms with Gasteiger partial charge in [0, 0.05) is 18.8 Å². The van der Waals surface area contributed by atoms with E-state index in [9.17, 15) is 4.79 Å². The lowest BCUT2D eigenvalue weighted by Crippen LogP contribution is -2.43. The molecule has 0 radical (unpaired) electrons. The van der Waals surface area contributed by atoms with Crippen LogP contribution in [0.2, 0.25) is 0 Å². The smallest absolute Gasteiger partial charge is 0.339 e. The lowest BCUT2D eigenvalue weighted by molar-refractivity contribution is 0.0600. The highest BCUT2D eigenvalue weighted by atomic mass is 16.5. The first-order valence-electron chi connectivity index (χ1n) is 7.29. The van der Waals surface area contributed by atoms with Gasteiger partial charge in [-0.1, -0.05) is 26.7 Å². The number of rotatable bonds is 4. The van der Waals surface area contributed by atoms with Gasteiger partial charge in [0.25, 0.3) is 0 Å². The minimum absolute atomic E-state index is 0.342. The lowest BCUT2D eigenvalue weighted by Gasteiger charge is -2.39. The Morgan fingerprint density at radius 1 is 1.45 bits per heavy atom. The molecule has 1 aromatic heterocycles. The van der Waals surface area contributed by atoms with Crippen molar-refractivity contribution >= 4 is 5.97 Å². The normalized spacial score (nSPS) is 21.4. The molecule has 110 valence electrons. The summed E-state index contributed by atoms with van der Waals surface area (Å²) in [7, 11) is 1.38. The minimum Gasteiger partial charge on any atom is -0.465 e. The number of pyridine rings is 1. The molecule has 1 aromatic rings. The Balaban J connectivity index is 1.92. The molecular weight excluding hydrogens is 252 g/mol. The molecule has 1 N–H and O–H groups in total. The molecule has 1 fully saturated rings. The summed E-state index contributed by atoms with van der Waals surface area (Å²) in [4.78, 5) is 15.7. The third kappa shape index (κ3) is 3.57. The average Bonchev–Trinajstić information content (AvgIpc) is 2.45. The van der Waals surface area contributed by atoms with E-state index < -0.39 is 0 Å². The van der Waals surface area contributed by atoms with E-state index in [1.807, 2.05) is 6.07 Å². The van der Waals surface area contributed by atoms with Crippen molar-refractivity contribution in [3.63, 3.8) is 0 Å². The van der Waals surface area contributed by atoms with E-state index in [2.05, 4.69) is 28.9 Å². The first-order chi connectivity index (χ1) is 9.53. The van der Waals surface area contributed by atoms with Crippen molar-refractivity contribution < 1.29 is 9.53 Å². The molecule has 1 saturated carbocycles. The van der Waals surface area contributed by atoms with Crippen LogP contribution in [0.4, 0.5) is 0 Å². The summed E-state index contributed by atoms with van der Waals surface area (Å²) in [5, 5.41) is 3.61. The Labute approximate surface area is 120 Å². The zero-order valence-electron chi connectivity index (χ0n) is 12.6. The van der Waals surface area contributed by atoms with Crippen LogP contribution in [0.3, 0.4) is 0 Å². The molecule has 0 aliphatic heterocycles.